The van der Waals surface area contributed by atoms with Crippen molar-refractivity contribution in [3.63, 3.8) is 0 Å². The molecule has 30 heavy (non-hydrogen) atoms. The van der Waals surface area contributed by atoms with Crippen molar-refractivity contribution in [3.05, 3.63) is 36.2 Å². The van der Waals surface area contributed by atoms with E-state index in [9.17, 15) is 13.2 Å². The number of fused-ring (bicyclic) bond motifs is 1. The summed E-state index contributed by atoms with van der Waals surface area (Å²) in [5.41, 5.74) is 2.97. The van der Waals surface area contributed by atoms with E-state index in [4.69, 9.17) is 0 Å². The number of nitrogens with one attached hydrogen (secondary N) is 1. The molecular weight excluding hydrogens is 400 g/mol. The Balaban J connectivity index is 1.44. The normalized spacial score (nSPS) is 19.6. The van der Waals surface area contributed by atoms with Gasteiger partial charge in [0.1, 0.15) is 11.9 Å². The molecule has 1 atom stereocenters. The second-order valence-corrected chi connectivity index (χ2v) is 10.2. The van der Waals surface area contributed by atoms with E-state index in [1.165, 1.54) is 22.8 Å². The quantitative estimate of drug-likeness (QED) is 0.729. The number of hydrogen-bond acceptors (Lipinski definition) is 4. The second-order valence-electron chi connectivity index (χ2n) is 8.19. The van der Waals surface area contributed by atoms with Crippen LogP contribution in [0, 0.1) is 0 Å². The van der Waals surface area contributed by atoms with Crippen LogP contribution in [0.5, 0.6) is 0 Å². The van der Waals surface area contributed by atoms with E-state index in [0.29, 0.717) is 31.5 Å². The maximum Gasteiger partial charge on any atom is 0.242 e. The maximum atomic E-state index is 12.8. The van der Waals surface area contributed by atoms with Crippen LogP contribution in [0.25, 0.3) is 11.4 Å². The Hall–Kier alpha value is -2.19. The summed E-state index contributed by atoms with van der Waals surface area (Å²) in [7, 11) is -3.39. The van der Waals surface area contributed by atoms with E-state index < -0.39 is 16.1 Å². The summed E-state index contributed by atoms with van der Waals surface area (Å²) in [5.74, 6) is 0.821. The number of rotatable bonds is 7. The van der Waals surface area contributed by atoms with Crippen LogP contribution in [0.3, 0.4) is 0 Å². The highest BCUT2D eigenvalue weighted by atomic mass is 32.2. The van der Waals surface area contributed by atoms with Crippen molar-refractivity contribution < 1.29 is 13.2 Å². The largest absolute Gasteiger partial charge is 0.328 e. The smallest absolute Gasteiger partial charge is 0.242 e. The number of aryl methyl sites for hydroxylation is 1. The number of amides is 1. The first-order chi connectivity index (χ1) is 14.5. The first kappa shape index (κ1) is 21.1. The van der Waals surface area contributed by atoms with Gasteiger partial charge < -0.3 is 9.88 Å². The molecule has 1 aromatic carbocycles. The first-order valence-electron chi connectivity index (χ1n) is 10.9. The average molecular weight is 431 g/mol. The van der Waals surface area contributed by atoms with Crippen LogP contribution in [-0.2, 0) is 27.8 Å². The standard InChI is InChI=1S/C22H30N4O3S/c1-2-3-15-30(28,29)26-14-6-8-20(26)22(27)24-18-11-9-17(10-12-18)21-23-16-19-7-4-5-13-25(19)21/h9-12,16,20H,2-8,13-15H2,1H3,(H,24,27). The van der Waals surface area contributed by atoms with Gasteiger partial charge in [0, 0.05) is 36.2 Å². The van der Waals surface area contributed by atoms with Crippen molar-refractivity contribution in [2.24, 2.45) is 0 Å². The molecule has 1 saturated heterocycles. The minimum atomic E-state index is -3.39. The number of aromatic nitrogens is 2. The lowest BCUT2D eigenvalue weighted by Crippen LogP contribution is -2.44. The lowest BCUT2D eigenvalue weighted by molar-refractivity contribution is -0.119. The molecule has 3 heterocycles. The number of imidazole rings is 1. The Bertz CT molecular complexity index is 998. The topological polar surface area (TPSA) is 84.3 Å². The van der Waals surface area contributed by atoms with Crippen LogP contribution in [0.15, 0.2) is 30.5 Å². The van der Waals surface area contributed by atoms with Crippen molar-refractivity contribution >= 4 is 21.6 Å². The fraction of sp³-hybridized carbons (Fsp3) is 0.545. The molecule has 7 nitrogen and oxygen atoms in total. The summed E-state index contributed by atoms with van der Waals surface area (Å²) in [6.45, 7) is 3.38. The number of sulfonamides is 1. The third kappa shape index (κ3) is 4.30. The Morgan fingerprint density at radius 1 is 1.17 bits per heavy atom. The van der Waals surface area contributed by atoms with E-state index in [1.807, 2.05) is 37.4 Å². The van der Waals surface area contributed by atoms with Crippen LogP contribution >= 0.6 is 0 Å². The van der Waals surface area contributed by atoms with Crippen LogP contribution in [-0.4, -0.2) is 46.5 Å². The molecule has 0 aliphatic carbocycles. The highest BCUT2D eigenvalue weighted by molar-refractivity contribution is 7.89. The Kier molecular flexibility index (Phi) is 6.24. The third-order valence-electron chi connectivity index (χ3n) is 6.03. The minimum Gasteiger partial charge on any atom is -0.328 e. The number of anilines is 1. The van der Waals surface area contributed by atoms with Crippen LogP contribution < -0.4 is 5.32 Å². The summed E-state index contributed by atoms with van der Waals surface area (Å²) in [6.07, 6.45) is 8.12. The molecule has 1 aromatic heterocycles. The van der Waals surface area contributed by atoms with Gasteiger partial charge in [-0.05, 0) is 62.8 Å². The Labute approximate surface area is 178 Å². The fourth-order valence-electron chi connectivity index (χ4n) is 4.37. The summed E-state index contributed by atoms with van der Waals surface area (Å²) >= 11 is 0. The molecule has 2 aliphatic rings. The third-order valence-corrected chi connectivity index (χ3v) is 7.99. The summed E-state index contributed by atoms with van der Waals surface area (Å²) in [5, 5.41) is 2.90. The fourth-order valence-corrected chi connectivity index (χ4v) is 6.26. The SMILES string of the molecule is CCCCS(=O)(=O)N1CCCC1C(=O)Nc1ccc(-c2ncc3n2CCCC3)cc1. The van der Waals surface area contributed by atoms with Gasteiger partial charge in [-0.25, -0.2) is 13.4 Å². The second kappa shape index (κ2) is 8.89. The van der Waals surface area contributed by atoms with Gasteiger partial charge in [0.2, 0.25) is 15.9 Å². The molecule has 162 valence electrons. The van der Waals surface area contributed by atoms with Crippen molar-refractivity contribution in [1.82, 2.24) is 13.9 Å². The van der Waals surface area contributed by atoms with Gasteiger partial charge in [0.25, 0.3) is 0 Å². The minimum absolute atomic E-state index is 0.108. The zero-order chi connectivity index (χ0) is 21.1. The summed E-state index contributed by atoms with van der Waals surface area (Å²) in [6, 6.07) is 7.03. The highest BCUT2D eigenvalue weighted by Gasteiger charge is 2.38. The predicted molar refractivity (Wildman–Crippen MR) is 118 cm³/mol. The molecule has 2 aliphatic heterocycles. The van der Waals surface area contributed by atoms with Crippen molar-refractivity contribution in [3.8, 4) is 11.4 Å². The average Bonchev–Trinajstić information content (AvgIpc) is 3.41. The molecule has 0 saturated carbocycles. The molecule has 1 amide bonds. The van der Waals surface area contributed by atoms with Gasteiger partial charge in [0.05, 0.1) is 5.75 Å². The van der Waals surface area contributed by atoms with E-state index >= 15 is 0 Å². The lowest BCUT2D eigenvalue weighted by Gasteiger charge is -2.23. The zero-order valence-corrected chi connectivity index (χ0v) is 18.3. The lowest BCUT2D eigenvalue weighted by atomic mass is 10.1. The summed E-state index contributed by atoms with van der Waals surface area (Å²) in [4.78, 5) is 17.4. The molecule has 8 heteroatoms. The van der Waals surface area contributed by atoms with Gasteiger partial charge in [-0.2, -0.15) is 4.31 Å². The Morgan fingerprint density at radius 3 is 2.73 bits per heavy atom. The van der Waals surface area contributed by atoms with Gasteiger partial charge in [-0.3, -0.25) is 4.79 Å². The van der Waals surface area contributed by atoms with Crippen LogP contribution in [0.1, 0.15) is 51.1 Å². The number of nitrogens with zero attached hydrogens (tertiary/aromatic N) is 3. The van der Waals surface area contributed by atoms with Gasteiger partial charge in [-0.15, -0.1) is 0 Å². The maximum absolute atomic E-state index is 12.8. The van der Waals surface area contributed by atoms with Gasteiger partial charge >= 0.3 is 0 Å². The van der Waals surface area contributed by atoms with Crippen LogP contribution in [0.4, 0.5) is 5.69 Å². The predicted octanol–water partition coefficient (Wildman–Crippen LogP) is 3.42. The van der Waals surface area contributed by atoms with Crippen molar-refractivity contribution in [2.75, 3.05) is 17.6 Å². The highest BCUT2D eigenvalue weighted by Crippen LogP contribution is 2.27. The molecule has 4 rings (SSSR count). The van der Waals surface area contributed by atoms with Crippen molar-refractivity contribution in [1.29, 1.82) is 0 Å². The van der Waals surface area contributed by atoms with E-state index in [-0.39, 0.29) is 11.7 Å². The van der Waals surface area contributed by atoms with E-state index in [2.05, 4.69) is 14.9 Å². The molecule has 0 radical (unpaired) electrons. The van der Waals surface area contributed by atoms with E-state index in [1.54, 1.807) is 0 Å². The number of carbonyl (C=O) groups excluding carboxylic acids is 1. The molecule has 1 unspecified atom stereocenters. The number of benzene rings is 1. The first-order valence-corrected chi connectivity index (χ1v) is 12.6. The molecule has 1 N–H and O–H groups in total. The molecule has 0 bridgehead atoms. The molecule has 1 fully saturated rings. The monoisotopic (exact) mass is 430 g/mol. The number of unbranched alkanes of at least 4 members (excludes halogenated alkanes) is 1. The summed E-state index contributed by atoms with van der Waals surface area (Å²) < 4.78 is 28.8. The molecular formula is C22H30N4O3S. The van der Waals surface area contributed by atoms with Crippen molar-refractivity contribution in [2.45, 2.75) is 64.5 Å². The molecule has 0 spiro atoms. The Morgan fingerprint density at radius 2 is 1.97 bits per heavy atom. The number of carbonyl (C=O) groups is 1. The number of hydrogen-bond donors (Lipinski definition) is 1. The van der Waals surface area contributed by atoms with E-state index in [0.717, 1.165) is 30.8 Å². The molecule has 2 aromatic rings. The van der Waals surface area contributed by atoms with Gasteiger partial charge in [-0.1, -0.05) is 13.3 Å². The van der Waals surface area contributed by atoms with Crippen LogP contribution in [0.2, 0.25) is 0 Å². The zero-order valence-electron chi connectivity index (χ0n) is 17.5. The van der Waals surface area contributed by atoms with Gasteiger partial charge in [0.15, 0.2) is 0 Å².